The first-order chi connectivity index (χ1) is 16.6. The number of rotatable bonds is 12. The Labute approximate surface area is 212 Å². The molecule has 1 heterocycles. The van der Waals surface area contributed by atoms with Crippen molar-refractivity contribution in [2.75, 3.05) is 60.0 Å². The lowest BCUT2D eigenvalue weighted by molar-refractivity contribution is -0.117. The molecule has 0 atom stereocenters. The summed E-state index contributed by atoms with van der Waals surface area (Å²) in [7, 11) is 0. The maximum Gasteiger partial charge on any atom is 0.228 e. The molecule has 2 aromatic rings. The van der Waals surface area contributed by atoms with Crippen molar-refractivity contribution in [3.63, 3.8) is 0 Å². The van der Waals surface area contributed by atoms with Gasteiger partial charge >= 0.3 is 0 Å². The van der Waals surface area contributed by atoms with Gasteiger partial charge in [0, 0.05) is 54.9 Å². The minimum Gasteiger partial charge on any atom is -0.369 e. The zero-order chi connectivity index (χ0) is 24.2. The summed E-state index contributed by atoms with van der Waals surface area (Å²) < 4.78 is 0. The van der Waals surface area contributed by atoms with Gasteiger partial charge in [-0.2, -0.15) is 0 Å². The fraction of sp³-hybridized carbons (Fsp3) is 0.462. The average molecular weight is 505 g/mol. The van der Waals surface area contributed by atoms with E-state index < -0.39 is 0 Å². The van der Waals surface area contributed by atoms with Gasteiger partial charge in [0.25, 0.3) is 0 Å². The number of alkyl halides is 2. The molecule has 8 heteroatoms. The Hall–Kier alpha value is -2.28. The second kappa shape index (κ2) is 14.2. The standard InChI is InChI=1S/C26H34Cl2N4O2/c27-13-18-32(19-14-28)24-10-4-21(5-11-24)20-26(34)30-23-8-6-22(7-9-23)29-25(33)12-17-31-15-2-1-3-16-31/h4-11H,1-3,12-20H2,(H,29,33)(H,30,34). The van der Waals surface area contributed by atoms with E-state index in [0.717, 1.165) is 49.7 Å². The van der Waals surface area contributed by atoms with Gasteiger partial charge in [0.05, 0.1) is 6.42 Å². The number of nitrogens with zero attached hydrogens (tertiary/aromatic N) is 2. The minimum atomic E-state index is -0.0931. The monoisotopic (exact) mass is 504 g/mol. The van der Waals surface area contributed by atoms with Crippen LogP contribution in [0.3, 0.4) is 0 Å². The summed E-state index contributed by atoms with van der Waals surface area (Å²) in [6, 6.07) is 15.1. The molecule has 1 aliphatic heterocycles. The van der Waals surface area contributed by atoms with Crippen LogP contribution in [0.4, 0.5) is 17.1 Å². The Kier molecular flexibility index (Phi) is 11.0. The number of benzene rings is 2. The second-order valence-electron chi connectivity index (χ2n) is 8.53. The first-order valence-corrected chi connectivity index (χ1v) is 13.0. The third kappa shape index (κ3) is 8.82. The Balaban J connectivity index is 1.43. The lowest BCUT2D eigenvalue weighted by atomic mass is 10.1. The van der Waals surface area contributed by atoms with Crippen LogP contribution in [-0.4, -0.2) is 61.2 Å². The van der Waals surface area contributed by atoms with E-state index >= 15 is 0 Å². The molecule has 0 aromatic heterocycles. The lowest BCUT2D eigenvalue weighted by Gasteiger charge is -2.25. The van der Waals surface area contributed by atoms with Gasteiger partial charge < -0.3 is 20.4 Å². The molecule has 0 radical (unpaired) electrons. The molecule has 1 fully saturated rings. The van der Waals surface area contributed by atoms with E-state index in [0.29, 0.717) is 23.9 Å². The van der Waals surface area contributed by atoms with E-state index in [9.17, 15) is 9.59 Å². The zero-order valence-corrected chi connectivity index (χ0v) is 21.1. The number of carbonyl (C=O) groups excluding carboxylic acids is 2. The predicted molar refractivity (Wildman–Crippen MR) is 142 cm³/mol. The molecular weight excluding hydrogens is 471 g/mol. The zero-order valence-electron chi connectivity index (χ0n) is 19.6. The molecule has 0 aliphatic carbocycles. The number of halogens is 2. The van der Waals surface area contributed by atoms with Crippen molar-refractivity contribution < 1.29 is 9.59 Å². The molecule has 6 nitrogen and oxygen atoms in total. The van der Waals surface area contributed by atoms with Gasteiger partial charge in [-0.3, -0.25) is 9.59 Å². The first kappa shape index (κ1) is 26.3. The van der Waals surface area contributed by atoms with E-state index in [-0.39, 0.29) is 18.2 Å². The van der Waals surface area contributed by atoms with Crippen LogP contribution in [0.5, 0.6) is 0 Å². The number of likely N-dealkylation sites (tertiary alicyclic amines) is 1. The molecule has 2 amide bonds. The Bertz CT molecular complexity index is 894. The molecule has 184 valence electrons. The molecule has 34 heavy (non-hydrogen) atoms. The summed E-state index contributed by atoms with van der Waals surface area (Å²) in [5, 5.41) is 5.85. The van der Waals surface area contributed by atoms with Crippen molar-refractivity contribution in [3.05, 3.63) is 54.1 Å². The van der Waals surface area contributed by atoms with Gasteiger partial charge in [0.1, 0.15) is 0 Å². The van der Waals surface area contributed by atoms with Crippen molar-refractivity contribution in [2.24, 2.45) is 0 Å². The van der Waals surface area contributed by atoms with Crippen molar-refractivity contribution >= 4 is 52.1 Å². The average Bonchev–Trinajstić information content (AvgIpc) is 2.85. The van der Waals surface area contributed by atoms with Crippen LogP contribution in [0.25, 0.3) is 0 Å². The first-order valence-electron chi connectivity index (χ1n) is 12.0. The maximum absolute atomic E-state index is 12.5. The Morgan fingerprint density at radius 3 is 1.91 bits per heavy atom. The molecule has 2 N–H and O–H groups in total. The van der Waals surface area contributed by atoms with Crippen LogP contribution < -0.4 is 15.5 Å². The van der Waals surface area contributed by atoms with Gasteiger partial charge in [0.15, 0.2) is 0 Å². The largest absolute Gasteiger partial charge is 0.369 e. The van der Waals surface area contributed by atoms with Crippen LogP contribution in [-0.2, 0) is 16.0 Å². The lowest BCUT2D eigenvalue weighted by Crippen LogP contribution is -2.32. The number of hydrogen-bond donors (Lipinski definition) is 2. The van der Waals surface area contributed by atoms with Crippen molar-refractivity contribution in [2.45, 2.75) is 32.1 Å². The van der Waals surface area contributed by atoms with Gasteiger partial charge in [-0.25, -0.2) is 0 Å². The summed E-state index contributed by atoms with van der Waals surface area (Å²) >= 11 is 11.8. The van der Waals surface area contributed by atoms with Gasteiger partial charge in [0.2, 0.25) is 11.8 Å². The summed E-state index contributed by atoms with van der Waals surface area (Å²) in [5.74, 6) is 0.982. The molecule has 1 saturated heterocycles. The number of nitrogens with one attached hydrogen (secondary N) is 2. The van der Waals surface area contributed by atoms with E-state index in [1.807, 2.05) is 36.4 Å². The van der Waals surface area contributed by atoms with Gasteiger partial charge in [-0.15, -0.1) is 23.2 Å². The number of piperidine rings is 1. The smallest absolute Gasteiger partial charge is 0.228 e. The Morgan fingerprint density at radius 2 is 1.35 bits per heavy atom. The molecule has 2 aromatic carbocycles. The third-order valence-electron chi connectivity index (χ3n) is 5.93. The van der Waals surface area contributed by atoms with Gasteiger partial charge in [-0.1, -0.05) is 18.6 Å². The van der Waals surface area contributed by atoms with Crippen LogP contribution >= 0.6 is 23.2 Å². The number of amides is 2. The fourth-order valence-electron chi connectivity index (χ4n) is 4.09. The Morgan fingerprint density at radius 1 is 0.794 bits per heavy atom. The van der Waals surface area contributed by atoms with Crippen molar-refractivity contribution in [1.82, 2.24) is 4.90 Å². The normalized spacial score (nSPS) is 13.9. The second-order valence-corrected chi connectivity index (χ2v) is 9.29. The molecule has 0 saturated carbocycles. The topological polar surface area (TPSA) is 64.7 Å². The number of hydrogen-bond acceptors (Lipinski definition) is 4. The number of carbonyl (C=O) groups is 2. The highest BCUT2D eigenvalue weighted by Crippen LogP contribution is 2.18. The van der Waals surface area contributed by atoms with E-state index in [1.54, 1.807) is 12.1 Å². The SMILES string of the molecule is O=C(CCN1CCCCC1)Nc1ccc(NC(=O)Cc2ccc(N(CCCl)CCCl)cc2)cc1. The van der Waals surface area contributed by atoms with Gasteiger partial charge in [-0.05, 0) is 67.9 Å². The quantitative estimate of drug-likeness (QED) is 0.400. The molecule has 0 bridgehead atoms. The summed E-state index contributed by atoms with van der Waals surface area (Å²) in [6.45, 7) is 4.43. The number of anilines is 3. The maximum atomic E-state index is 12.5. The van der Waals surface area contributed by atoms with E-state index in [1.165, 1.54) is 19.3 Å². The van der Waals surface area contributed by atoms with Crippen LogP contribution in [0.2, 0.25) is 0 Å². The van der Waals surface area contributed by atoms with Crippen LogP contribution in [0.1, 0.15) is 31.2 Å². The third-order valence-corrected chi connectivity index (χ3v) is 6.27. The minimum absolute atomic E-state index is 0.0152. The summed E-state index contributed by atoms with van der Waals surface area (Å²) in [5.41, 5.74) is 3.40. The summed E-state index contributed by atoms with van der Waals surface area (Å²) in [6.07, 6.45) is 4.51. The molecule has 0 unspecified atom stereocenters. The highest BCUT2D eigenvalue weighted by molar-refractivity contribution is 6.18. The van der Waals surface area contributed by atoms with Crippen molar-refractivity contribution in [3.8, 4) is 0 Å². The van der Waals surface area contributed by atoms with Crippen molar-refractivity contribution in [1.29, 1.82) is 0 Å². The van der Waals surface area contributed by atoms with E-state index in [2.05, 4.69) is 20.4 Å². The fourth-order valence-corrected chi connectivity index (χ4v) is 4.50. The molecule has 3 rings (SSSR count). The highest BCUT2D eigenvalue weighted by Gasteiger charge is 2.12. The van der Waals surface area contributed by atoms with Crippen LogP contribution in [0.15, 0.2) is 48.5 Å². The molecule has 0 spiro atoms. The van der Waals surface area contributed by atoms with E-state index in [4.69, 9.17) is 23.2 Å². The highest BCUT2D eigenvalue weighted by atomic mass is 35.5. The predicted octanol–water partition coefficient (Wildman–Crippen LogP) is 4.97. The molecule has 1 aliphatic rings. The summed E-state index contributed by atoms with van der Waals surface area (Å²) in [4.78, 5) is 29.2. The molecular formula is C26H34Cl2N4O2. The van der Waals surface area contributed by atoms with Crippen LogP contribution in [0, 0.1) is 0 Å².